The van der Waals surface area contributed by atoms with Crippen molar-refractivity contribution in [3.63, 3.8) is 0 Å². The first-order valence-electron chi connectivity index (χ1n) is 30.4. The molecule has 0 fully saturated rings. The Hall–Kier alpha value is -13.1. The molecule has 12 rings (SSSR count). The van der Waals surface area contributed by atoms with Gasteiger partial charge in [0, 0.05) is 123 Å². The molecule has 31 heteroatoms. The summed E-state index contributed by atoms with van der Waals surface area (Å²) in [6.07, 6.45) is 2.94. The number of rotatable bonds is 16. The first-order chi connectivity index (χ1) is 49.4. The van der Waals surface area contributed by atoms with Crippen LogP contribution in [0.5, 0.6) is 0 Å². The van der Waals surface area contributed by atoms with E-state index in [-0.39, 0.29) is 67.6 Å². The van der Waals surface area contributed by atoms with Crippen molar-refractivity contribution in [2.45, 2.75) is 18.5 Å². The van der Waals surface area contributed by atoms with Crippen LogP contribution in [0.1, 0.15) is 47.8 Å². The normalized spacial score (nSPS) is 10.9. The lowest BCUT2D eigenvalue weighted by Gasteiger charge is -2.17. The molecule has 103 heavy (non-hydrogen) atoms. The van der Waals surface area contributed by atoms with Gasteiger partial charge in [0.2, 0.25) is 0 Å². The number of para-hydroxylation sites is 3. The van der Waals surface area contributed by atoms with Gasteiger partial charge in [-0.25, -0.2) is 44.9 Å². The van der Waals surface area contributed by atoms with E-state index in [0.717, 1.165) is 57.5 Å². The highest BCUT2D eigenvalue weighted by atomic mass is 35.5. The SMILES string of the molecule is CNC(=O)c1ccccc1Nc1cc(Cl)ncc1C(F)(F)F.CNC(=O)c1ccccc1Nc1cc(Nc2ccc(-c3cncnc3)cc2)ncc1C(F)(F)F.CNC(=O)c1ccccc1Nc1cc(Nc2ccc(-c3cncnc3)cc2)ncc1C(F)(F)F.Nc1ccc(-c2cncnc2)cc1. The van der Waals surface area contributed by atoms with Crippen LogP contribution in [0.25, 0.3) is 33.4 Å². The highest BCUT2D eigenvalue weighted by Crippen LogP contribution is 2.41. The minimum atomic E-state index is -4.64. The summed E-state index contributed by atoms with van der Waals surface area (Å²) in [6.45, 7) is 0. The van der Waals surface area contributed by atoms with Gasteiger partial charge >= 0.3 is 18.5 Å². The first-order valence-corrected chi connectivity index (χ1v) is 30.7. The minimum Gasteiger partial charge on any atom is -0.399 e. The van der Waals surface area contributed by atoms with Crippen LogP contribution < -0.4 is 48.3 Å². The predicted molar refractivity (Wildman–Crippen MR) is 375 cm³/mol. The Kier molecular flexibility index (Phi) is 24.5. The van der Waals surface area contributed by atoms with E-state index in [9.17, 15) is 53.9 Å². The van der Waals surface area contributed by atoms with Crippen molar-refractivity contribution in [3.8, 4) is 33.4 Å². The maximum atomic E-state index is 13.7. The molecule has 0 radical (unpaired) electrons. The summed E-state index contributed by atoms with van der Waals surface area (Å²) < 4.78 is 121. The average molecular weight is 1430 g/mol. The Morgan fingerprint density at radius 3 is 0.922 bits per heavy atom. The standard InChI is InChI=1S/2C24H19F3N6O.C14H11ClF3N3O.C10H9N3/c2*1-28-23(34)18-4-2-3-5-20(18)33-21-10-22(31-13-19(21)24(25,26)27)32-17-8-6-15(7-9-17)16-11-29-14-30-12-16;1-19-13(22)8-4-2-3-5-10(8)21-11-6-12(15)20-7-9(11)14(16,17)18;11-10-3-1-8(2-4-10)9-5-12-7-13-6-9/h2*2-14H,1H3,(H,28,34)(H2,31,32,33);2-7H,1H3,(H,19,22)(H,20,21);1-7H,11H2. The van der Waals surface area contributed by atoms with Crippen molar-refractivity contribution in [2.75, 3.05) is 53.5 Å². The van der Waals surface area contributed by atoms with Gasteiger partial charge in [0.25, 0.3) is 17.7 Å². The largest absolute Gasteiger partial charge is 0.419 e. The number of pyridine rings is 3. The Morgan fingerprint density at radius 2 is 0.621 bits per heavy atom. The van der Waals surface area contributed by atoms with Crippen molar-refractivity contribution < 1.29 is 53.9 Å². The molecule has 524 valence electrons. The van der Waals surface area contributed by atoms with Crippen LogP contribution in [0.4, 0.5) is 102 Å². The summed E-state index contributed by atoms with van der Waals surface area (Å²) in [7, 11) is 4.33. The zero-order valence-electron chi connectivity index (χ0n) is 54.1. The van der Waals surface area contributed by atoms with Crippen LogP contribution in [0.15, 0.2) is 239 Å². The average Bonchev–Trinajstić information content (AvgIpc) is 0.804. The van der Waals surface area contributed by atoms with E-state index >= 15 is 0 Å². The van der Waals surface area contributed by atoms with Gasteiger partial charge in [-0.2, -0.15) is 39.5 Å². The molecule has 3 amide bonds. The zero-order valence-corrected chi connectivity index (χ0v) is 54.9. The number of nitrogens with one attached hydrogen (secondary N) is 8. The fourth-order valence-electron chi connectivity index (χ4n) is 9.48. The third kappa shape index (κ3) is 20.5. The maximum Gasteiger partial charge on any atom is 0.419 e. The molecule has 10 N–H and O–H groups in total. The smallest absolute Gasteiger partial charge is 0.399 e. The highest BCUT2D eigenvalue weighted by molar-refractivity contribution is 6.29. The third-order valence-electron chi connectivity index (χ3n) is 14.5. The summed E-state index contributed by atoms with van der Waals surface area (Å²) in [6, 6.07) is 44.5. The molecule has 21 nitrogen and oxygen atoms in total. The predicted octanol–water partition coefficient (Wildman–Crippen LogP) is 16.4. The number of halogens is 10. The van der Waals surface area contributed by atoms with Crippen molar-refractivity contribution in [3.05, 3.63) is 277 Å². The molecule has 0 aliphatic rings. The van der Waals surface area contributed by atoms with Gasteiger partial charge < -0.3 is 48.3 Å². The van der Waals surface area contributed by atoms with Gasteiger partial charge in [-0.3, -0.25) is 14.4 Å². The number of aromatic nitrogens is 9. The molecule has 0 saturated carbocycles. The number of nitrogen functional groups attached to an aromatic ring is 1. The number of anilines is 11. The van der Waals surface area contributed by atoms with Gasteiger partial charge in [-0.15, -0.1) is 0 Å². The lowest BCUT2D eigenvalue weighted by Crippen LogP contribution is -2.19. The lowest BCUT2D eigenvalue weighted by atomic mass is 10.1. The number of carbonyl (C=O) groups is 3. The van der Waals surface area contributed by atoms with Gasteiger partial charge in [-0.05, 0) is 95.6 Å². The molecule has 0 saturated heterocycles. The van der Waals surface area contributed by atoms with E-state index in [4.69, 9.17) is 17.3 Å². The number of hydrogen-bond acceptors (Lipinski definition) is 18. The van der Waals surface area contributed by atoms with Crippen LogP contribution in [0.3, 0.4) is 0 Å². The van der Waals surface area contributed by atoms with Crippen molar-refractivity contribution in [2.24, 2.45) is 0 Å². The summed E-state index contributed by atoms with van der Waals surface area (Å²) >= 11 is 5.67. The second-order valence-corrected chi connectivity index (χ2v) is 21.8. The Balaban J connectivity index is 0.000000168. The molecule has 0 unspecified atom stereocenters. The number of nitrogens with two attached hydrogens (primary N) is 1. The molecule has 0 atom stereocenters. The first kappa shape index (κ1) is 74.1. The molecule has 0 bridgehead atoms. The molecular weight excluding hydrogens is 1370 g/mol. The van der Waals surface area contributed by atoms with Crippen LogP contribution in [0, 0.1) is 0 Å². The molecular formula is C72H58ClF9N18O3. The van der Waals surface area contributed by atoms with Crippen LogP contribution in [-0.2, 0) is 18.5 Å². The number of benzene rings is 6. The third-order valence-corrected chi connectivity index (χ3v) is 14.7. The fourth-order valence-corrected chi connectivity index (χ4v) is 9.64. The van der Waals surface area contributed by atoms with E-state index in [1.807, 2.05) is 48.5 Å². The van der Waals surface area contributed by atoms with Crippen LogP contribution >= 0.6 is 11.6 Å². The quantitative estimate of drug-likeness (QED) is 0.0247. The van der Waals surface area contributed by atoms with E-state index in [1.54, 1.807) is 97.8 Å². The van der Waals surface area contributed by atoms with Gasteiger partial charge in [0.05, 0.1) is 67.5 Å². The van der Waals surface area contributed by atoms with Crippen LogP contribution in [0.2, 0.25) is 5.15 Å². The summed E-state index contributed by atoms with van der Waals surface area (Å²) in [5.74, 6) is -0.870. The summed E-state index contributed by atoms with van der Waals surface area (Å²) in [5.41, 5.74) is 10.8. The number of nitrogens with zero attached hydrogens (tertiary/aromatic N) is 9. The van der Waals surface area contributed by atoms with Gasteiger partial charge in [0.1, 0.15) is 35.8 Å². The zero-order chi connectivity index (χ0) is 73.7. The van der Waals surface area contributed by atoms with Gasteiger partial charge in [0.15, 0.2) is 0 Å². The molecule has 0 aliphatic heterocycles. The minimum absolute atomic E-state index is 0.0899. The van der Waals surface area contributed by atoms with E-state index < -0.39 is 52.9 Å². The Labute approximate surface area is 586 Å². The number of hydrogen-bond donors (Lipinski definition) is 9. The van der Waals surface area contributed by atoms with E-state index in [2.05, 4.69) is 87.4 Å². The number of carbonyl (C=O) groups excluding carboxylic acids is 3. The molecule has 6 heterocycles. The van der Waals surface area contributed by atoms with Crippen molar-refractivity contribution in [1.82, 2.24) is 60.8 Å². The van der Waals surface area contributed by atoms with Crippen molar-refractivity contribution in [1.29, 1.82) is 0 Å². The summed E-state index contributed by atoms with van der Waals surface area (Å²) in [5, 5.41) is 21.4. The Bertz CT molecular complexity index is 4640. The number of alkyl halides is 9. The molecule has 0 aliphatic carbocycles. The van der Waals surface area contributed by atoms with Gasteiger partial charge in [-0.1, -0.05) is 84.4 Å². The van der Waals surface area contributed by atoms with Crippen LogP contribution in [-0.4, -0.2) is 83.7 Å². The van der Waals surface area contributed by atoms with Crippen molar-refractivity contribution >= 4 is 92.1 Å². The number of amides is 3. The highest BCUT2D eigenvalue weighted by Gasteiger charge is 2.37. The molecule has 6 aromatic carbocycles. The lowest BCUT2D eigenvalue weighted by molar-refractivity contribution is -0.138. The second-order valence-electron chi connectivity index (χ2n) is 21.4. The topological polar surface area (TPSA) is 289 Å². The molecule has 12 aromatic rings. The monoisotopic (exact) mass is 1430 g/mol. The second kappa shape index (κ2) is 34.1. The molecule has 6 aromatic heterocycles. The maximum absolute atomic E-state index is 13.7. The summed E-state index contributed by atoms with van der Waals surface area (Å²) in [4.78, 5) is 71.2. The van der Waals surface area contributed by atoms with E-state index in [1.165, 1.54) is 88.7 Å². The fraction of sp³-hybridized carbons (Fsp3) is 0.0833. The Morgan fingerprint density at radius 1 is 0.340 bits per heavy atom. The van der Waals surface area contributed by atoms with E-state index in [0.29, 0.717) is 17.6 Å². The molecule has 0 spiro atoms.